The lowest BCUT2D eigenvalue weighted by Crippen LogP contribution is -2.15. The Morgan fingerprint density at radius 3 is 2.08 bits per heavy atom. The second-order valence-corrected chi connectivity index (χ2v) is 5.02. The predicted molar refractivity (Wildman–Crippen MR) is 55.1 cm³/mol. The highest BCUT2D eigenvalue weighted by Crippen LogP contribution is 2.43. The maximum atomic E-state index is 2.45. The van der Waals surface area contributed by atoms with E-state index in [1.807, 2.05) is 0 Å². The van der Waals surface area contributed by atoms with Crippen LogP contribution >= 0.6 is 0 Å². The van der Waals surface area contributed by atoms with Gasteiger partial charge in [0.2, 0.25) is 0 Å². The molecule has 0 saturated heterocycles. The zero-order valence-electron chi connectivity index (χ0n) is 9.14. The normalized spacial score (nSPS) is 22.8. The first-order chi connectivity index (χ1) is 5.65. The molecule has 0 N–H and O–H groups in total. The number of hydrogen-bond donors (Lipinski definition) is 0. The van der Waals surface area contributed by atoms with Gasteiger partial charge in [-0.2, -0.15) is 0 Å². The largest absolute Gasteiger partial charge is 0.0651 e. The SMILES string of the molecule is CCC(C(C)CC(C)C)C1CC1. The predicted octanol–water partition coefficient (Wildman–Crippen LogP) is 4.10. The van der Waals surface area contributed by atoms with E-state index in [0.717, 1.165) is 23.7 Å². The molecule has 1 fully saturated rings. The van der Waals surface area contributed by atoms with E-state index in [4.69, 9.17) is 0 Å². The van der Waals surface area contributed by atoms with Gasteiger partial charge in [0.05, 0.1) is 0 Å². The van der Waals surface area contributed by atoms with Crippen LogP contribution in [-0.4, -0.2) is 0 Å². The monoisotopic (exact) mass is 168 g/mol. The molecule has 0 aromatic rings. The van der Waals surface area contributed by atoms with Crippen LogP contribution in [0.25, 0.3) is 0 Å². The third-order valence-electron chi connectivity index (χ3n) is 3.27. The lowest BCUT2D eigenvalue weighted by Gasteiger charge is -2.23. The van der Waals surface area contributed by atoms with Gasteiger partial charge in [-0.3, -0.25) is 0 Å². The second kappa shape index (κ2) is 4.30. The quantitative estimate of drug-likeness (QED) is 0.579. The third kappa shape index (κ3) is 2.80. The van der Waals surface area contributed by atoms with E-state index < -0.39 is 0 Å². The molecule has 72 valence electrons. The van der Waals surface area contributed by atoms with Crippen molar-refractivity contribution in [2.75, 3.05) is 0 Å². The van der Waals surface area contributed by atoms with Crippen molar-refractivity contribution in [3.8, 4) is 0 Å². The van der Waals surface area contributed by atoms with Crippen LogP contribution in [0.4, 0.5) is 0 Å². The van der Waals surface area contributed by atoms with Crippen LogP contribution in [0, 0.1) is 23.7 Å². The van der Waals surface area contributed by atoms with E-state index in [1.54, 1.807) is 0 Å². The van der Waals surface area contributed by atoms with Crippen LogP contribution in [-0.2, 0) is 0 Å². The molecule has 0 spiro atoms. The molecular formula is C12H24. The number of rotatable bonds is 5. The highest BCUT2D eigenvalue weighted by Gasteiger charge is 2.33. The zero-order valence-corrected chi connectivity index (χ0v) is 9.14. The van der Waals surface area contributed by atoms with Crippen LogP contribution in [0.2, 0.25) is 0 Å². The minimum absolute atomic E-state index is 0.882. The van der Waals surface area contributed by atoms with Gasteiger partial charge in [0.1, 0.15) is 0 Å². The van der Waals surface area contributed by atoms with Crippen molar-refractivity contribution in [3.63, 3.8) is 0 Å². The van der Waals surface area contributed by atoms with Gasteiger partial charge in [0.25, 0.3) is 0 Å². The van der Waals surface area contributed by atoms with Crippen molar-refractivity contribution >= 4 is 0 Å². The highest BCUT2D eigenvalue weighted by atomic mass is 14.4. The first-order valence-corrected chi connectivity index (χ1v) is 5.65. The van der Waals surface area contributed by atoms with Crippen molar-refractivity contribution in [2.24, 2.45) is 23.7 Å². The maximum absolute atomic E-state index is 2.45. The maximum Gasteiger partial charge on any atom is -0.0363 e. The van der Waals surface area contributed by atoms with E-state index in [0.29, 0.717) is 0 Å². The van der Waals surface area contributed by atoms with Gasteiger partial charge in [0.15, 0.2) is 0 Å². The average Bonchev–Trinajstić information content (AvgIpc) is 2.70. The van der Waals surface area contributed by atoms with Crippen molar-refractivity contribution in [3.05, 3.63) is 0 Å². The van der Waals surface area contributed by atoms with Crippen LogP contribution in [0.5, 0.6) is 0 Å². The lowest BCUT2D eigenvalue weighted by atomic mass is 9.82. The topological polar surface area (TPSA) is 0 Å². The molecule has 0 heterocycles. The minimum Gasteiger partial charge on any atom is -0.0651 e. The molecule has 1 rings (SSSR count). The summed E-state index contributed by atoms with van der Waals surface area (Å²) in [5.41, 5.74) is 0. The van der Waals surface area contributed by atoms with E-state index >= 15 is 0 Å². The summed E-state index contributed by atoms with van der Waals surface area (Å²) in [6.45, 7) is 9.50. The van der Waals surface area contributed by atoms with Gasteiger partial charge in [0, 0.05) is 0 Å². The lowest BCUT2D eigenvalue weighted by molar-refractivity contribution is 0.265. The Kier molecular flexibility index (Phi) is 3.61. The molecule has 0 nitrogen and oxygen atoms in total. The standard InChI is InChI=1S/C12H24/c1-5-12(11-6-7-11)10(4)8-9(2)3/h9-12H,5-8H2,1-4H3. The molecular weight excluding hydrogens is 144 g/mol. The Morgan fingerprint density at radius 1 is 1.17 bits per heavy atom. The summed E-state index contributed by atoms with van der Waals surface area (Å²) in [6, 6.07) is 0. The molecule has 0 radical (unpaired) electrons. The summed E-state index contributed by atoms with van der Waals surface area (Å²) in [6.07, 6.45) is 5.86. The van der Waals surface area contributed by atoms with Crippen LogP contribution in [0.15, 0.2) is 0 Å². The first kappa shape index (κ1) is 10.1. The van der Waals surface area contributed by atoms with Gasteiger partial charge in [-0.05, 0) is 42.9 Å². The van der Waals surface area contributed by atoms with E-state index in [9.17, 15) is 0 Å². The van der Waals surface area contributed by atoms with E-state index in [2.05, 4.69) is 27.7 Å². The Hall–Kier alpha value is 0. The molecule has 1 saturated carbocycles. The second-order valence-electron chi connectivity index (χ2n) is 5.02. The Morgan fingerprint density at radius 2 is 1.75 bits per heavy atom. The Labute approximate surface area is 77.7 Å². The molecule has 0 aromatic carbocycles. The van der Waals surface area contributed by atoms with E-state index in [1.165, 1.54) is 25.7 Å². The van der Waals surface area contributed by atoms with Gasteiger partial charge in [-0.1, -0.05) is 34.1 Å². The van der Waals surface area contributed by atoms with Gasteiger partial charge in [-0.25, -0.2) is 0 Å². The van der Waals surface area contributed by atoms with Gasteiger partial charge < -0.3 is 0 Å². The zero-order chi connectivity index (χ0) is 9.14. The molecule has 0 aromatic heterocycles. The summed E-state index contributed by atoms with van der Waals surface area (Å²) in [5.74, 6) is 3.98. The smallest absolute Gasteiger partial charge is 0.0363 e. The summed E-state index contributed by atoms with van der Waals surface area (Å²) in [7, 11) is 0. The first-order valence-electron chi connectivity index (χ1n) is 5.65. The Bertz CT molecular complexity index is 122. The van der Waals surface area contributed by atoms with Crippen LogP contribution in [0.1, 0.15) is 53.4 Å². The fourth-order valence-electron chi connectivity index (χ4n) is 2.64. The molecule has 0 bridgehead atoms. The van der Waals surface area contributed by atoms with Gasteiger partial charge in [-0.15, -0.1) is 0 Å². The molecule has 0 heteroatoms. The molecule has 0 amide bonds. The Balaban J connectivity index is 2.30. The molecule has 0 aliphatic heterocycles. The fourth-order valence-corrected chi connectivity index (χ4v) is 2.64. The summed E-state index contributed by atoms with van der Waals surface area (Å²) < 4.78 is 0. The molecule has 12 heavy (non-hydrogen) atoms. The molecule has 1 aliphatic rings. The van der Waals surface area contributed by atoms with Crippen molar-refractivity contribution in [1.82, 2.24) is 0 Å². The number of hydrogen-bond acceptors (Lipinski definition) is 0. The molecule has 1 aliphatic carbocycles. The van der Waals surface area contributed by atoms with Gasteiger partial charge >= 0.3 is 0 Å². The van der Waals surface area contributed by atoms with Crippen molar-refractivity contribution < 1.29 is 0 Å². The summed E-state index contributed by atoms with van der Waals surface area (Å²) >= 11 is 0. The minimum atomic E-state index is 0.882. The van der Waals surface area contributed by atoms with Crippen molar-refractivity contribution in [1.29, 1.82) is 0 Å². The third-order valence-corrected chi connectivity index (χ3v) is 3.27. The molecule has 2 atom stereocenters. The average molecular weight is 168 g/mol. The summed E-state index contributed by atoms with van der Waals surface area (Å²) in [4.78, 5) is 0. The van der Waals surface area contributed by atoms with Crippen molar-refractivity contribution in [2.45, 2.75) is 53.4 Å². The molecule has 2 unspecified atom stereocenters. The highest BCUT2D eigenvalue weighted by molar-refractivity contribution is 4.83. The fraction of sp³-hybridized carbons (Fsp3) is 1.00. The van der Waals surface area contributed by atoms with E-state index in [-0.39, 0.29) is 0 Å². The summed E-state index contributed by atoms with van der Waals surface area (Å²) in [5, 5.41) is 0. The van der Waals surface area contributed by atoms with Crippen LogP contribution < -0.4 is 0 Å². The van der Waals surface area contributed by atoms with Crippen LogP contribution in [0.3, 0.4) is 0 Å².